The second-order valence-corrected chi connectivity index (χ2v) is 5.73. The number of aromatic nitrogens is 2. The van der Waals surface area contributed by atoms with E-state index in [1.165, 1.54) is 6.07 Å². The number of ether oxygens (including phenoxy) is 1. The van der Waals surface area contributed by atoms with E-state index in [9.17, 15) is 4.39 Å². The predicted octanol–water partition coefficient (Wildman–Crippen LogP) is 3.98. The monoisotopic (exact) mass is 325 g/mol. The first-order valence-electron chi connectivity index (χ1n) is 7.76. The molecule has 5 nitrogen and oxygen atoms in total. The molecule has 4 rings (SSSR count). The molecule has 0 fully saturated rings. The van der Waals surface area contributed by atoms with Crippen LogP contribution >= 0.6 is 0 Å². The van der Waals surface area contributed by atoms with Crippen molar-refractivity contribution in [2.24, 2.45) is 0 Å². The highest BCUT2D eigenvalue weighted by Gasteiger charge is 2.24. The number of hydrogen-bond acceptors (Lipinski definition) is 5. The molecule has 0 spiro atoms. The van der Waals surface area contributed by atoms with E-state index in [0.717, 1.165) is 35.3 Å². The molecule has 1 aliphatic carbocycles. The fourth-order valence-corrected chi connectivity index (χ4v) is 3.03. The molecule has 0 saturated heterocycles. The van der Waals surface area contributed by atoms with E-state index in [1.807, 2.05) is 30.3 Å². The van der Waals surface area contributed by atoms with Gasteiger partial charge in [0.1, 0.15) is 11.6 Å². The molecule has 1 atom stereocenters. The molecule has 0 amide bonds. The molecule has 1 N–H and O–H groups in total. The molecular weight excluding hydrogens is 309 g/mol. The van der Waals surface area contributed by atoms with Crippen LogP contribution in [0.1, 0.15) is 23.6 Å². The Kier molecular flexibility index (Phi) is 3.65. The van der Waals surface area contributed by atoms with E-state index >= 15 is 0 Å². The Morgan fingerprint density at radius 1 is 1.25 bits per heavy atom. The van der Waals surface area contributed by atoms with Gasteiger partial charge in [-0.2, -0.15) is 4.98 Å². The quantitative estimate of drug-likeness (QED) is 0.786. The van der Waals surface area contributed by atoms with Crippen LogP contribution in [0.4, 0.5) is 10.4 Å². The van der Waals surface area contributed by atoms with E-state index in [-0.39, 0.29) is 11.9 Å². The van der Waals surface area contributed by atoms with Gasteiger partial charge in [0.25, 0.3) is 0 Å². The maximum atomic E-state index is 13.5. The molecule has 122 valence electrons. The smallest absolute Gasteiger partial charge is 0.322 e. The van der Waals surface area contributed by atoms with E-state index in [1.54, 1.807) is 13.2 Å². The Labute approximate surface area is 138 Å². The molecule has 0 saturated carbocycles. The molecule has 3 aromatic rings. The van der Waals surface area contributed by atoms with Crippen LogP contribution in [0.2, 0.25) is 0 Å². The van der Waals surface area contributed by atoms with Gasteiger partial charge in [-0.05, 0) is 48.2 Å². The van der Waals surface area contributed by atoms with Gasteiger partial charge >= 0.3 is 6.01 Å². The minimum atomic E-state index is -0.231. The molecule has 2 aromatic carbocycles. The summed E-state index contributed by atoms with van der Waals surface area (Å²) in [6.45, 7) is 0. The fourth-order valence-electron chi connectivity index (χ4n) is 3.03. The Morgan fingerprint density at radius 3 is 3.04 bits per heavy atom. The topological polar surface area (TPSA) is 60.2 Å². The third-order valence-corrected chi connectivity index (χ3v) is 4.24. The fraction of sp³-hybridized carbons (Fsp3) is 0.222. The van der Waals surface area contributed by atoms with Crippen molar-refractivity contribution < 1.29 is 13.7 Å². The molecule has 1 aromatic heterocycles. The summed E-state index contributed by atoms with van der Waals surface area (Å²) in [6.07, 6.45) is 1.78. The van der Waals surface area contributed by atoms with Crippen LogP contribution in [0.15, 0.2) is 47.0 Å². The number of benzene rings is 2. The maximum Gasteiger partial charge on any atom is 0.322 e. The zero-order valence-electron chi connectivity index (χ0n) is 13.1. The number of methoxy groups -OCH3 is 1. The van der Waals surface area contributed by atoms with Crippen LogP contribution < -0.4 is 10.1 Å². The molecular formula is C18H16FN3O2. The third kappa shape index (κ3) is 2.71. The van der Waals surface area contributed by atoms with Crippen molar-refractivity contribution >= 4 is 6.01 Å². The maximum absolute atomic E-state index is 13.5. The summed E-state index contributed by atoms with van der Waals surface area (Å²) in [5.74, 6) is 0.978. The zero-order chi connectivity index (χ0) is 16.5. The largest absolute Gasteiger partial charge is 0.497 e. The summed E-state index contributed by atoms with van der Waals surface area (Å²) >= 11 is 0. The van der Waals surface area contributed by atoms with Crippen LogP contribution in [0.3, 0.4) is 0 Å². The number of rotatable bonds is 4. The Balaban J connectivity index is 1.55. The van der Waals surface area contributed by atoms with E-state index in [2.05, 4.69) is 15.5 Å². The molecule has 1 aliphatic rings. The van der Waals surface area contributed by atoms with Gasteiger partial charge < -0.3 is 14.6 Å². The summed E-state index contributed by atoms with van der Waals surface area (Å²) in [4.78, 5) is 4.38. The highest BCUT2D eigenvalue weighted by atomic mass is 19.1. The van der Waals surface area contributed by atoms with Crippen molar-refractivity contribution in [1.29, 1.82) is 0 Å². The number of anilines is 1. The highest BCUT2D eigenvalue weighted by molar-refractivity contribution is 5.58. The minimum Gasteiger partial charge on any atom is -0.497 e. The Hall–Kier alpha value is -2.89. The van der Waals surface area contributed by atoms with Crippen LogP contribution in [0.25, 0.3) is 11.4 Å². The second-order valence-electron chi connectivity index (χ2n) is 5.73. The van der Waals surface area contributed by atoms with Crippen molar-refractivity contribution in [2.45, 2.75) is 18.9 Å². The first-order chi connectivity index (χ1) is 11.7. The van der Waals surface area contributed by atoms with Gasteiger partial charge in [0, 0.05) is 5.56 Å². The van der Waals surface area contributed by atoms with Crippen molar-refractivity contribution in [3.63, 3.8) is 0 Å². The van der Waals surface area contributed by atoms with Crippen LogP contribution in [0.5, 0.6) is 5.75 Å². The second kappa shape index (κ2) is 5.96. The van der Waals surface area contributed by atoms with Crippen LogP contribution in [-0.4, -0.2) is 17.3 Å². The van der Waals surface area contributed by atoms with Gasteiger partial charge in [0.2, 0.25) is 5.82 Å². The average molecular weight is 325 g/mol. The number of fused-ring (bicyclic) bond motifs is 1. The van der Waals surface area contributed by atoms with Gasteiger partial charge in [0.15, 0.2) is 0 Å². The molecule has 1 unspecified atom stereocenters. The molecule has 1 heterocycles. The molecule has 0 bridgehead atoms. The SMILES string of the molecule is COc1cccc(-c2noc(NC3CCc4ccc(F)cc43)n2)c1. The standard InChI is InChI=1S/C18H16FN3O2/c1-23-14-4-2-3-12(9-14)17-21-18(24-22-17)20-16-8-6-11-5-7-13(19)10-15(11)16/h2-5,7,9-10,16H,6,8H2,1H3,(H,20,21,22). The summed E-state index contributed by atoms with van der Waals surface area (Å²) in [7, 11) is 1.61. The van der Waals surface area contributed by atoms with Crippen LogP contribution in [0, 0.1) is 5.82 Å². The van der Waals surface area contributed by atoms with E-state index < -0.39 is 0 Å². The lowest BCUT2D eigenvalue weighted by Gasteiger charge is -2.11. The summed E-state index contributed by atoms with van der Waals surface area (Å²) in [5, 5.41) is 7.20. The van der Waals surface area contributed by atoms with Crippen molar-refractivity contribution in [1.82, 2.24) is 10.1 Å². The number of hydrogen-bond donors (Lipinski definition) is 1. The molecule has 24 heavy (non-hydrogen) atoms. The normalized spacial score (nSPS) is 16.0. The van der Waals surface area contributed by atoms with Gasteiger partial charge in [-0.1, -0.05) is 23.4 Å². The lowest BCUT2D eigenvalue weighted by Crippen LogP contribution is -2.07. The zero-order valence-corrected chi connectivity index (χ0v) is 13.1. The first-order valence-corrected chi connectivity index (χ1v) is 7.76. The first kappa shape index (κ1) is 14.7. The number of halogens is 1. The molecule has 6 heteroatoms. The summed E-state index contributed by atoms with van der Waals surface area (Å²) in [6, 6.07) is 12.7. The van der Waals surface area contributed by atoms with E-state index in [0.29, 0.717) is 11.8 Å². The highest BCUT2D eigenvalue weighted by Crippen LogP contribution is 2.34. The number of nitrogens with zero attached hydrogens (tertiary/aromatic N) is 2. The van der Waals surface area contributed by atoms with E-state index in [4.69, 9.17) is 9.26 Å². The van der Waals surface area contributed by atoms with Crippen molar-refractivity contribution in [3.05, 3.63) is 59.4 Å². The summed E-state index contributed by atoms with van der Waals surface area (Å²) < 4.78 is 24.0. The lowest BCUT2D eigenvalue weighted by molar-refractivity contribution is 0.414. The van der Waals surface area contributed by atoms with Crippen molar-refractivity contribution in [3.8, 4) is 17.1 Å². The third-order valence-electron chi connectivity index (χ3n) is 4.24. The van der Waals surface area contributed by atoms with Gasteiger partial charge in [-0.15, -0.1) is 0 Å². The Bertz CT molecular complexity index is 878. The minimum absolute atomic E-state index is 0.0192. The van der Waals surface area contributed by atoms with Gasteiger partial charge in [-0.3, -0.25) is 0 Å². The predicted molar refractivity (Wildman–Crippen MR) is 87.4 cm³/mol. The summed E-state index contributed by atoms with van der Waals surface area (Å²) in [5.41, 5.74) is 2.92. The average Bonchev–Trinajstić information content (AvgIpc) is 3.23. The number of aryl methyl sites for hydroxylation is 1. The van der Waals surface area contributed by atoms with Gasteiger partial charge in [-0.25, -0.2) is 4.39 Å². The molecule has 0 radical (unpaired) electrons. The Morgan fingerprint density at radius 2 is 2.17 bits per heavy atom. The number of nitrogens with one attached hydrogen (secondary N) is 1. The molecule has 0 aliphatic heterocycles. The van der Waals surface area contributed by atoms with Crippen LogP contribution in [-0.2, 0) is 6.42 Å². The van der Waals surface area contributed by atoms with Crippen molar-refractivity contribution in [2.75, 3.05) is 12.4 Å². The van der Waals surface area contributed by atoms with Gasteiger partial charge in [0.05, 0.1) is 13.2 Å². The lowest BCUT2D eigenvalue weighted by atomic mass is 10.1.